The van der Waals surface area contributed by atoms with Crippen LogP contribution in [0.4, 0.5) is 4.39 Å². The minimum absolute atomic E-state index is 0.000533. The van der Waals surface area contributed by atoms with Crippen LogP contribution in [0.25, 0.3) is 0 Å². The average Bonchev–Trinajstić information content (AvgIpc) is 2.12. The molecule has 4 heteroatoms. The first kappa shape index (κ1) is 11.3. The van der Waals surface area contributed by atoms with Gasteiger partial charge in [-0.25, -0.2) is 4.39 Å². The molecule has 0 aliphatic rings. The molecule has 0 aromatic heterocycles. The van der Waals surface area contributed by atoms with Gasteiger partial charge in [0.2, 0.25) is 0 Å². The lowest BCUT2D eigenvalue weighted by Gasteiger charge is -2.14. The van der Waals surface area contributed by atoms with Crippen LogP contribution in [0.1, 0.15) is 6.92 Å². The zero-order valence-corrected chi connectivity index (χ0v) is 8.94. The molecule has 14 heavy (non-hydrogen) atoms. The molecule has 0 aliphatic heterocycles. The van der Waals surface area contributed by atoms with Gasteiger partial charge in [0.05, 0.1) is 5.02 Å². The summed E-state index contributed by atoms with van der Waals surface area (Å²) < 4.78 is 18.4. The number of hydrogen-bond acceptors (Lipinski definition) is 2. The Balaban J connectivity index is 2.63. The highest BCUT2D eigenvalue weighted by Crippen LogP contribution is 2.20. The molecular formula is C10H13ClFNO. The van der Waals surface area contributed by atoms with Crippen LogP contribution < -0.4 is 10.1 Å². The molecule has 0 radical (unpaired) electrons. The van der Waals surface area contributed by atoms with Crippen molar-refractivity contribution in [2.24, 2.45) is 0 Å². The van der Waals surface area contributed by atoms with Crippen molar-refractivity contribution >= 4 is 11.6 Å². The van der Waals surface area contributed by atoms with Gasteiger partial charge in [-0.1, -0.05) is 11.6 Å². The second-order valence-electron chi connectivity index (χ2n) is 3.06. The lowest BCUT2D eigenvalue weighted by molar-refractivity contribution is 0.220. The van der Waals surface area contributed by atoms with Gasteiger partial charge in [-0.2, -0.15) is 0 Å². The predicted molar refractivity (Wildman–Crippen MR) is 55.4 cm³/mol. The Morgan fingerprint density at radius 2 is 2.29 bits per heavy atom. The van der Waals surface area contributed by atoms with Crippen molar-refractivity contribution in [2.75, 3.05) is 13.6 Å². The quantitative estimate of drug-likeness (QED) is 0.837. The fourth-order valence-electron chi connectivity index (χ4n) is 1.11. The van der Waals surface area contributed by atoms with Crippen LogP contribution in [0.5, 0.6) is 5.75 Å². The van der Waals surface area contributed by atoms with Gasteiger partial charge in [0.25, 0.3) is 0 Å². The Kier molecular flexibility index (Phi) is 4.17. The minimum atomic E-state index is -0.458. The first-order valence-corrected chi connectivity index (χ1v) is 4.77. The number of hydrogen-bond donors (Lipinski definition) is 1. The lowest BCUT2D eigenvalue weighted by atomic mass is 10.3. The molecule has 0 amide bonds. The van der Waals surface area contributed by atoms with Gasteiger partial charge in [0.1, 0.15) is 17.7 Å². The number of benzene rings is 1. The van der Waals surface area contributed by atoms with Gasteiger partial charge in [0.15, 0.2) is 0 Å². The summed E-state index contributed by atoms with van der Waals surface area (Å²) in [4.78, 5) is 0. The highest BCUT2D eigenvalue weighted by atomic mass is 35.5. The van der Waals surface area contributed by atoms with E-state index in [0.29, 0.717) is 12.3 Å². The maximum Gasteiger partial charge on any atom is 0.145 e. The molecule has 1 rings (SSSR count). The summed E-state index contributed by atoms with van der Waals surface area (Å²) in [6.45, 7) is 2.62. The van der Waals surface area contributed by atoms with Crippen LogP contribution in [0.2, 0.25) is 5.02 Å². The number of halogens is 2. The Bertz CT molecular complexity index is 306. The Morgan fingerprint density at radius 3 is 2.86 bits per heavy atom. The normalized spacial score (nSPS) is 12.6. The molecular weight excluding hydrogens is 205 g/mol. The van der Waals surface area contributed by atoms with E-state index in [0.717, 1.165) is 0 Å². The Labute approximate surface area is 88.0 Å². The van der Waals surface area contributed by atoms with E-state index in [4.69, 9.17) is 16.3 Å². The SMILES string of the molecule is CNCC(C)Oc1ccc(Cl)c(F)c1. The minimum Gasteiger partial charge on any atom is -0.489 e. The molecule has 1 aromatic rings. The highest BCUT2D eigenvalue weighted by molar-refractivity contribution is 6.30. The van der Waals surface area contributed by atoms with Gasteiger partial charge < -0.3 is 10.1 Å². The maximum atomic E-state index is 13.0. The summed E-state index contributed by atoms with van der Waals surface area (Å²) in [7, 11) is 1.84. The molecule has 1 aromatic carbocycles. The van der Waals surface area contributed by atoms with Crippen molar-refractivity contribution in [3.8, 4) is 5.75 Å². The maximum absolute atomic E-state index is 13.0. The third-order valence-electron chi connectivity index (χ3n) is 1.72. The largest absolute Gasteiger partial charge is 0.489 e. The van der Waals surface area contributed by atoms with Crippen LogP contribution in [-0.4, -0.2) is 19.7 Å². The average molecular weight is 218 g/mol. The highest BCUT2D eigenvalue weighted by Gasteiger charge is 2.05. The standard InChI is InChI=1S/C10H13ClFNO/c1-7(6-13-2)14-8-3-4-9(11)10(12)5-8/h3-5,7,13H,6H2,1-2H3. The molecule has 1 atom stereocenters. The van der Waals surface area contributed by atoms with E-state index in [2.05, 4.69) is 5.32 Å². The summed E-state index contributed by atoms with van der Waals surface area (Å²) in [5.74, 6) is 0.0375. The van der Waals surface area contributed by atoms with Gasteiger partial charge >= 0.3 is 0 Å². The van der Waals surface area contributed by atoms with Gasteiger partial charge in [-0.15, -0.1) is 0 Å². The van der Waals surface area contributed by atoms with Crippen molar-refractivity contribution in [3.05, 3.63) is 29.0 Å². The molecule has 0 spiro atoms. The zero-order chi connectivity index (χ0) is 10.6. The fraction of sp³-hybridized carbons (Fsp3) is 0.400. The monoisotopic (exact) mass is 217 g/mol. The molecule has 0 aliphatic carbocycles. The summed E-state index contributed by atoms with van der Waals surface area (Å²) in [5, 5.41) is 3.08. The van der Waals surface area contributed by atoms with Crippen LogP contribution in [0.15, 0.2) is 18.2 Å². The van der Waals surface area contributed by atoms with Crippen molar-refractivity contribution < 1.29 is 9.13 Å². The Morgan fingerprint density at radius 1 is 1.57 bits per heavy atom. The van der Waals surface area contributed by atoms with E-state index in [9.17, 15) is 4.39 Å². The third kappa shape index (κ3) is 3.16. The van der Waals surface area contributed by atoms with Gasteiger partial charge in [-0.3, -0.25) is 0 Å². The van der Waals surface area contributed by atoms with E-state index >= 15 is 0 Å². The second kappa shape index (κ2) is 5.17. The summed E-state index contributed by atoms with van der Waals surface area (Å²) in [6.07, 6.45) is 0.000533. The van der Waals surface area contributed by atoms with E-state index in [-0.39, 0.29) is 11.1 Å². The Hall–Kier alpha value is -0.800. The molecule has 0 fully saturated rings. The van der Waals surface area contributed by atoms with Gasteiger partial charge in [-0.05, 0) is 26.1 Å². The molecule has 0 bridgehead atoms. The van der Waals surface area contributed by atoms with Crippen molar-refractivity contribution in [1.29, 1.82) is 0 Å². The molecule has 2 nitrogen and oxygen atoms in total. The molecule has 1 N–H and O–H groups in total. The van der Waals surface area contributed by atoms with Gasteiger partial charge in [0, 0.05) is 12.6 Å². The molecule has 0 saturated carbocycles. The number of nitrogens with one attached hydrogen (secondary N) is 1. The first-order chi connectivity index (χ1) is 6.63. The number of rotatable bonds is 4. The van der Waals surface area contributed by atoms with Crippen molar-refractivity contribution in [2.45, 2.75) is 13.0 Å². The molecule has 78 valence electrons. The van der Waals surface area contributed by atoms with Crippen LogP contribution in [-0.2, 0) is 0 Å². The van der Waals surface area contributed by atoms with Crippen molar-refractivity contribution in [1.82, 2.24) is 5.32 Å². The van der Waals surface area contributed by atoms with Crippen LogP contribution >= 0.6 is 11.6 Å². The smallest absolute Gasteiger partial charge is 0.145 e. The predicted octanol–water partition coefficient (Wildman–Crippen LogP) is 2.47. The topological polar surface area (TPSA) is 21.3 Å². The summed E-state index contributed by atoms with van der Waals surface area (Å²) >= 11 is 5.54. The van der Waals surface area contributed by atoms with Crippen LogP contribution in [0, 0.1) is 5.82 Å². The second-order valence-corrected chi connectivity index (χ2v) is 3.47. The van der Waals surface area contributed by atoms with Crippen molar-refractivity contribution in [3.63, 3.8) is 0 Å². The van der Waals surface area contributed by atoms with E-state index in [1.807, 2.05) is 14.0 Å². The van der Waals surface area contributed by atoms with E-state index in [1.165, 1.54) is 12.1 Å². The molecule has 0 heterocycles. The summed E-state index contributed by atoms with van der Waals surface area (Å²) in [5.41, 5.74) is 0. The third-order valence-corrected chi connectivity index (χ3v) is 2.03. The van der Waals surface area contributed by atoms with E-state index < -0.39 is 5.82 Å². The molecule has 0 saturated heterocycles. The number of ether oxygens (including phenoxy) is 1. The van der Waals surface area contributed by atoms with Crippen LogP contribution in [0.3, 0.4) is 0 Å². The van der Waals surface area contributed by atoms with E-state index in [1.54, 1.807) is 6.07 Å². The molecule has 1 unspecified atom stereocenters. The first-order valence-electron chi connectivity index (χ1n) is 4.39. The fourth-order valence-corrected chi connectivity index (χ4v) is 1.23. The lowest BCUT2D eigenvalue weighted by Crippen LogP contribution is -2.26. The number of likely N-dealkylation sites (N-methyl/N-ethyl adjacent to an activating group) is 1. The zero-order valence-electron chi connectivity index (χ0n) is 8.18. The summed E-state index contributed by atoms with van der Waals surface area (Å²) in [6, 6.07) is 4.42.